The van der Waals surface area contributed by atoms with Crippen molar-refractivity contribution in [1.29, 1.82) is 0 Å². The molecule has 0 spiro atoms. The molecular weight excluding hydrogens is 556 g/mol. The topological polar surface area (TPSA) is 120 Å². The van der Waals surface area contributed by atoms with E-state index in [0.717, 1.165) is 72.3 Å². The second-order valence-corrected chi connectivity index (χ2v) is 13.1. The van der Waals surface area contributed by atoms with Gasteiger partial charge in [0.15, 0.2) is 6.23 Å². The lowest BCUT2D eigenvalue weighted by atomic mass is 10.1. The number of likely N-dealkylation sites (tertiary alicyclic amines) is 1. The van der Waals surface area contributed by atoms with Crippen LogP contribution in [-0.2, 0) is 9.47 Å². The average molecular weight is 597 g/mol. The van der Waals surface area contributed by atoms with Crippen molar-refractivity contribution in [3.8, 4) is 22.6 Å². The van der Waals surface area contributed by atoms with Gasteiger partial charge in [0.05, 0.1) is 35.5 Å². The number of benzene rings is 1. The largest absolute Gasteiger partial charge is 0.444 e. The molecule has 0 radical (unpaired) electrons. The van der Waals surface area contributed by atoms with Crippen molar-refractivity contribution in [2.24, 2.45) is 0 Å². The van der Waals surface area contributed by atoms with Crippen molar-refractivity contribution < 1.29 is 14.3 Å². The Morgan fingerprint density at radius 1 is 0.977 bits per heavy atom. The zero-order valence-electron chi connectivity index (χ0n) is 25.7. The van der Waals surface area contributed by atoms with E-state index in [2.05, 4.69) is 33.5 Å². The molecular formula is C33H40N8O3. The number of nitrogens with zero attached hydrogens (tertiary/aromatic N) is 7. The minimum Gasteiger partial charge on any atom is -0.444 e. The van der Waals surface area contributed by atoms with E-state index in [-0.39, 0.29) is 18.4 Å². The molecule has 2 atom stereocenters. The Hall–Kier alpha value is -4.12. The molecule has 1 amide bonds. The number of nitrogens with one attached hydrogen (secondary N) is 1. The van der Waals surface area contributed by atoms with Crippen LogP contribution in [0.5, 0.6) is 0 Å². The minimum atomic E-state index is -0.529. The predicted molar refractivity (Wildman–Crippen MR) is 167 cm³/mol. The zero-order valence-corrected chi connectivity index (χ0v) is 25.7. The lowest BCUT2D eigenvalue weighted by Crippen LogP contribution is -2.47. The Kier molecular flexibility index (Phi) is 7.65. The molecule has 5 heterocycles. The van der Waals surface area contributed by atoms with E-state index in [1.807, 2.05) is 37.8 Å². The van der Waals surface area contributed by atoms with Crippen LogP contribution in [0.2, 0.25) is 0 Å². The molecule has 230 valence electrons. The molecule has 3 aromatic heterocycles. The quantitative estimate of drug-likeness (QED) is 0.272. The van der Waals surface area contributed by atoms with Crippen LogP contribution in [0.25, 0.3) is 33.5 Å². The van der Waals surface area contributed by atoms with Crippen LogP contribution < -0.4 is 5.32 Å². The Balaban J connectivity index is 1.20. The number of aromatic nitrogens is 6. The summed E-state index contributed by atoms with van der Waals surface area (Å²) in [6, 6.07) is 6.37. The van der Waals surface area contributed by atoms with E-state index >= 15 is 0 Å². The first-order valence-electron chi connectivity index (χ1n) is 15.8. The van der Waals surface area contributed by atoms with Gasteiger partial charge in [-0.1, -0.05) is 6.07 Å². The van der Waals surface area contributed by atoms with Gasteiger partial charge < -0.3 is 19.7 Å². The highest BCUT2D eigenvalue weighted by molar-refractivity contribution is 5.95. The summed E-state index contributed by atoms with van der Waals surface area (Å²) < 4.78 is 13.8. The standard InChI is InChI=1S/C33H40N8O3/c1-33(2,3)44-32(42)40-13-6-7-23(20-40)36-29-19-35-18-27(38-29)31-24-15-22(26-17-34-16-25(37-26)21-9-10-21)11-12-28(24)41(39-31)30-8-4-5-14-43-30/h11-12,15-19,21,23,30H,4-10,13-14,20H2,1-3H3,(H,36,38)/t23-,30?/m1/s1. The Morgan fingerprint density at radius 3 is 2.61 bits per heavy atom. The molecule has 2 saturated heterocycles. The molecule has 1 aliphatic carbocycles. The maximum Gasteiger partial charge on any atom is 0.410 e. The van der Waals surface area contributed by atoms with Gasteiger partial charge in [-0.25, -0.2) is 19.4 Å². The summed E-state index contributed by atoms with van der Waals surface area (Å²) in [6.45, 7) is 7.61. The molecule has 44 heavy (non-hydrogen) atoms. The van der Waals surface area contributed by atoms with E-state index in [0.29, 0.717) is 30.5 Å². The van der Waals surface area contributed by atoms with E-state index in [9.17, 15) is 4.79 Å². The van der Waals surface area contributed by atoms with Gasteiger partial charge in [-0.05, 0) is 77.8 Å². The van der Waals surface area contributed by atoms with Crippen LogP contribution in [-0.4, -0.2) is 72.0 Å². The number of piperidine rings is 1. The fourth-order valence-electron chi connectivity index (χ4n) is 6.07. The summed E-state index contributed by atoms with van der Waals surface area (Å²) in [5.41, 5.74) is 4.79. The van der Waals surface area contributed by atoms with Gasteiger partial charge >= 0.3 is 6.09 Å². The van der Waals surface area contributed by atoms with E-state index in [4.69, 9.17) is 24.5 Å². The number of anilines is 1. The maximum atomic E-state index is 12.7. The van der Waals surface area contributed by atoms with Gasteiger partial charge in [0, 0.05) is 48.8 Å². The number of carbonyl (C=O) groups excluding carboxylic acids is 1. The maximum absolute atomic E-state index is 12.7. The Labute approximate surface area is 257 Å². The Bertz CT molecular complexity index is 1650. The second-order valence-electron chi connectivity index (χ2n) is 13.1. The first kappa shape index (κ1) is 28.6. The van der Waals surface area contributed by atoms with Crippen LogP contribution in [0.3, 0.4) is 0 Å². The third-order valence-electron chi connectivity index (χ3n) is 8.38. The first-order chi connectivity index (χ1) is 21.3. The molecule has 1 unspecified atom stereocenters. The number of rotatable bonds is 6. The SMILES string of the molecule is CC(C)(C)OC(=O)N1CCC[C@@H](Nc2cncc(-c3nn(C4CCCCO4)c4ccc(-c5cncc(C6CC6)n5)cc34)n2)C1. The van der Waals surface area contributed by atoms with Crippen LogP contribution in [0.4, 0.5) is 10.6 Å². The molecule has 1 aromatic carbocycles. The van der Waals surface area contributed by atoms with Gasteiger partial charge in [-0.15, -0.1) is 0 Å². The summed E-state index contributed by atoms with van der Waals surface area (Å²) in [6.07, 6.45) is 14.0. The minimum absolute atomic E-state index is 0.0367. The smallest absolute Gasteiger partial charge is 0.410 e. The van der Waals surface area contributed by atoms with Crippen molar-refractivity contribution in [1.82, 2.24) is 34.6 Å². The second kappa shape index (κ2) is 11.8. The van der Waals surface area contributed by atoms with Gasteiger partial charge in [-0.2, -0.15) is 5.10 Å². The van der Waals surface area contributed by atoms with Crippen molar-refractivity contribution >= 4 is 22.8 Å². The fourth-order valence-corrected chi connectivity index (χ4v) is 6.07. The van der Waals surface area contributed by atoms with Crippen molar-refractivity contribution in [2.45, 2.75) is 89.5 Å². The van der Waals surface area contributed by atoms with Crippen LogP contribution >= 0.6 is 0 Å². The molecule has 7 rings (SSSR count). The third kappa shape index (κ3) is 6.24. The number of amides is 1. The molecule has 11 heteroatoms. The highest BCUT2D eigenvalue weighted by atomic mass is 16.6. The normalized spacial score (nSPS) is 20.9. The lowest BCUT2D eigenvalue weighted by molar-refractivity contribution is -0.0365. The van der Waals surface area contributed by atoms with E-state index in [1.54, 1.807) is 17.3 Å². The van der Waals surface area contributed by atoms with Crippen molar-refractivity contribution in [3.63, 3.8) is 0 Å². The number of hydrogen-bond acceptors (Lipinski definition) is 9. The van der Waals surface area contributed by atoms with Gasteiger partial charge in [-0.3, -0.25) is 9.97 Å². The molecule has 1 N–H and O–H groups in total. The molecule has 0 bridgehead atoms. The summed E-state index contributed by atoms with van der Waals surface area (Å²) in [5.74, 6) is 1.17. The highest BCUT2D eigenvalue weighted by Gasteiger charge is 2.29. The highest BCUT2D eigenvalue weighted by Crippen LogP contribution is 2.40. The third-order valence-corrected chi connectivity index (χ3v) is 8.38. The number of fused-ring (bicyclic) bond motifs is 1. The van der Waals surface area contributed by atoms with Gasteiger partial charge in [0.25, 0.3) is 0 Å². The molecule has 3 fully saturated rings. The number of ether oxygens (including phenoxy) is 2. The Morgan fingerprint density at radius 2 is 1.82 bits per heavy atom. The van der Waals surface area contributed by atoms with Crippen LogP contribution in [0, 0.1) is 0 Å². The summed E-state index contributed by atoms with van der Waals surface area (Å²) in [7, 11) is 0. The molecule has 1 saturated carbocycles. The van der Waals surface area contributed by atoms with Crippen LogP contribution in [0.1, 0.15) is 83.6 Å². The van der Waals surface area contributed by atoms with Crippen molar-refractivity contribution in [2.75, 3.05) is 25.0 Å². The van der Waals surface area contributed by atoms with Gasteiger partial charge in [0.1, 0.15) is 22.8 Å². The summed E-state index contributed by atoms with van der Waals surface area (Å²) >= 11 is 0. The lowest BCUT2D eigenvalue weighted by Gasteiger charge is -2.34. The monoisotopic (exact) mass is 596 g/mol. The number of hydrogen-bond donors (Lipinski definition) is 1. The number of carbonyl (C=O) groups is 1. The van der Waals surface area contributed by atoms with Crippen molar-refractivity contribution in [3.05, 3.63) is 48.7 Å². The molecule has 3 aliphatic rings. The first-order valence-corrected chi connectivity index (χ1v) is 15.8. The fraction of sp³-hybridized carbons (Fsp3) is 0.515. The van der Waals surface area contributed by atoms with E-state index in [1.165, 1.54) is 12.8 Å². The zero-order chi connectivity index (χ0) is 30.3. The molecule has 11 nitrogen and oxygen atoms in total. The summed E-state index contributed by atoms with van der Waals surface area (Å²) in [4.78, 5) is 33.4. The van der Waals surface area contributed by atoms with Crippen LogP contribution in [0.15, 0.2) is 43.0 Å². The summed E-state index contributed by atoms with van der Waals surface area (Å²) in [5, 5.41) is 9.57. The van der Waals surface area contributed by atoms with Gasteiger partial charge in [0.2, 0.25) is 0 Å². The average Bonchev–Trinajstić information content (AvgIpc) is 3.81. The van der Waals surface area contributed by atoms with E-state index < -0.39 is 5.60 Å². The molecule has 2 aliphatic heterocycles. The predicted octanol–water partition coefficient (Wildman–Crippen LogP) is 6.34. The molecule has 4 aromatic rings.